The summed E-state index contributed by atoms with van der Waals surface area (Å²) in [6.45, 7) is 7.19. The first-order valence-electron chi connectivity index (χ1n) is 7.37. The molecule has 6 heteroatoms. The van der Waals surface area contributed by atoms with Gasteiger partial charge in [-0.1, -0.05) is 13.8 Å². The van der Waals surface area contributed by atoms with Gasteiger partial charge in [0, 0.05) is 13.1 Å². The zero-order valence-electron chi connectivity index (χ0n) is 12.8. The van der Waals surface area contributed by atoms with E-state index in [1.165, 1.54) is 11.3 Å². The molecular weight excluding hydrogens is 288 g/mol. The van der Waals surface area contributed by atoms with Crippen molar-refractivity contribution in [2.24, 2.45) is 11.8 Å². The normalized spacial score (nSPS) is 16.5. The number of aryl methyl sites for hydroxylation is 1. The summed E-state index contributed by atoms with van der Waals surface area (Å²) >= 11 is 1.45. The summed E-state index contributed by atoms with van der Waals surface area (Å²) in [6, 6.07) is 0. The quantitative estimate of drug-likeness (QED) is 0.928. The molecule has 0 saturated carbocycles. The second kappa shape index (κ2) is 6.56. The number of amides is 1. The number of carboxylic acid groups (broad SMARTS) is 1. The molecular formula is C15H22N2O3S. The van der Waals surface area contributed by atoms with Crippen molar-refractivity contribution >= 4 is 23.2 Å². The minimum absolute atomic E-state index is 0.0140. The predicted molar refractivity (Wildman–Crippen MR) is 81.7 cm³/mol. The van der Waals surface area contributed by atoms with Crippen LogP contribution in [0.25, 0.3) is 0 Å². The van der Waals surface area contributed by atoms with Gasteiger partial charge in [-0.15, -0.1) is 11.3 Å². The van der Waals surface area contributed by atoms with Crippen LogP contribution in [-0.4, -0.2) is 40.0 Å². The van der Waals surface area contributed by atoms with Crippen molar-refractivity contribution in [3.8, 4) is 0 Å². The number of carboxylic acids is 1. The summed E-state index contributed by atoms with van der Waals surface area (Å²) in [5.41, 5.74) is 0.887. The molecule has 0 radical (unpaired) electrons. The minimum Gasteiger partial charge on any atom is -0.481 e. The monoisotopic (exact) mass is 310 g/mol. The molecule has 1 fully saturated rings. The lowest BCUT2D eigenvalue weighted by Crippen LogP contribution is -2.40. The molecule has 2 heterocycles. The molecule has 1 aromatic rings. The first-order chi connectivity index (χ1) is 9.88. The molecule has 5 nitrogen and oxygen atoms in total. The van der Waals surface area contributed by atoms with E-state index in [0.717, 1.165) is 22.0 Å². The van der Waals surface area contributed by atoms with E-state index in [2.05, 4.69) is 18.8 Å². The van der Waals surface area contributed by atoms with Crippen LogP contribution in [0.2, 0.25) is 0 Å². The number of aliphatic carboxylic acids is 1. The molecule has 0 bridgehead atoms. The van der Waals surface area contributed by atoms with E-state index in [9.17, 15) is 9.59 Å². The maximum atomic E-state index is 12.6. The number of aromatic nitrogens is 1. The molecule has 1 aromatic heterocycles. The molecule has 0 spiro atoms. The summed E-state index contributed by atoms with van der Waals surface area (Å²) in [6.07, 6.45) is 1.88. The van der Waals surface area contributed by atoms with Crippen molar-refractivity contribution in [3.05, 3.63) is 15.6 Å². The van der Waals surface area contributed by atoms with Crippen LogP contribution < -0.4 is 0 Å². The van der Waals surface area contributed by atoms with Crippen LogP contribution in [0, 0.1) is 18.8 Å². The van der Waals surface area contributed by atoms with Crippen LogP contribution in [-0.2, 0) is 11.2 Å². The van der Waals surface area contributed by atoms with E-state index in [-0.39, 0.29) is 11.8 Å². The molecule has 1 N–H and O–H groups in total. The molecule has 21 heavy (non-hydrogen) atoms. The number of likely N-dealkylation sites (tertiary alicyclic amines) is 1. The van der Waals surface area contributed by atoms with Gasteiger partial charge in [-0.25, -0.2) is 4.98 Å². The highest BCUT2D eigenvalue weighted by Gasteiger charge is 2.29. The van der Waals surface area contributed by atoms with E-state index in [4.69, 9.17) is 5.11 Å². The highest BCUT2D eigenvalue weighted by molar-refractivity contribution is 7.13. The van der Waals surface area contributed by atoms with Gasteiger partial charge in [-0.2, -0.15) is 0 Å². The van der Waals surface area contributed by atoms with Crippen molar-refractivity contribution in [2.75, 3.05) is 13.1 Å². The van der Waals surface area contributed by atoms with Crippen LogP contribution in [0.5, 0.6) is 0 Å². The summed E-state index contributed by atoms with van der Waals surface area (Å²) in [4.78, 5) is 30.6. The highest BCUT2D eigenvalue weighted by atomic mass is 32.1. The number of carbonyl (C=O) groups excluding carboxylic acids is 1. The number of hydrogen-bond donors (Lipinski definition) is 1. The van der Waals surface area contributed by atoms with Gasteiger partial charge in [0.15, 0.2) is 0 Å². The van der Waals surface area contributed by atoms with Gasteiger partial charge in [-0.3, -0.25) is 9.59 Å². The molecule has 1 aliphatic rings. The molecule has 116 valence electrons. The first kappa shape index (κ1) is 15.9. The standard InChI is InChI=1S/C15H22N2O3S/c1-9(2)8-12-13(21-10(3)16-12)14(18)17-6-4-11(5-7-17)15(19)20/h9,11H,4-8H2,1-3H3,(H,19,20). The Kier molecular flexibility index (Phi) is 4.98. The van der Waals surface area contributed by atoms with Crippen molar-refractivity contribution in [1.82, 2.24) is 9.88 Å². The van der Waals surface area contributed by atoms with E-state index in [1.807, 2.05) is 6.92 Å². The average molecular weight is 310 g/mol. The second-order valence-corrected chi connectivity index (χ2v) is 7.21. The Hall–Kier alpha value is -1.43. The Morgan fingerprint density at radius 1 is 1.38 bits per heavy atom. The van der Waals surface area contributed by atoms with Crippen LogP contribution in [0.15, 0.2) is 0 Å². The first-order valence-corrected chi connectivity index (χ1v) is 8.18. The maximum Gasteiger partial charge on any atom is 0.306 e. The molecule has 1 saturated heterocycles. The van der Waals surface area contributed by atoms with E-state index < -0.39 is 5.97 Å². The van der Waals surface area contributed by atoms with Crippen LogP contribution in [0.3, 0.4) is 0 Å². The summed E-state index contributed by atoms with van der Waals surface area (Å²) in [5.74, 6) is -0.598. The number of hydrogen-bond acceptors (Lipinski definition) is 4. The maximum absolute atomic E-state index is 12.6. The molecule has 0 aliphatic carbocycles. The lowest BCUT2D eigenvalue weighted by Gasteiger charge is -2.30. The average Bonchev–Trinajstić information content (AvgIpc) is 2.78. The predicted octanol–water partition coefficient (Wildman–Crippen LogP) is 2.59. The molecule has 1 amide bonds. The van der Waals surface area contributed by atoms with Gasteiger partial charge in [-0.05, 0) is 32.1 Å². The zero-order chi connectivity index (χ0) is 15.6. The largest absolute Gasteiger partial charge is 0.481 e. The fourth-order valence-electron chi connectivity index (χ4n) is 2.64. The molecule has 0 atom stereocenters. The summed E-state index contributed by atoms with van der Waals surface area (Å²) in [5, 5.41) is 9.93. The van der Waals surface area contributed by atoms with E-state index in [0.29, 0.717) is 31.8 Å². The number of carbonyl (C=O) groups is 2. The van der Waals surface area contributed by atoms with Gasteiger partial charge >= 0.3 is 5.97 Å². The SMILES string of the molecule is Cc1nc(CC(C)C)c(C(=O)N2CCC(C(=O)O)CC2)s1. The topological polar surface area (TPSA) is 70.5 Å². The van der Waals surface area contributed by atoms with Gasteiger partial charge in [0.1, 0.15) is 4.88 Å². The Labute approximate surface area is 129 Å². The lowest BCUT2D eigenvalue weighted by molar-refractivity contribution is -0.143. The zero-order valence-corrected chi connectivity index (χ0v) is 13.6. The highest BCUT2D eigenvalue weighted by Crippen LogP contribution is 2.25. The minimum atomic E-state index is -0.753. The van der Waals surface area contributed by atoms with Crippen LogP contribution in [0.4, 0.5) is 0 Å². The number of rotatable bonds is 4. The summed E-state index contributed by atoms with van der Waals surface area (Å²) < 4.78 is 0. The third-order valence-corrected chi connectivity index (χ3v) is 4.73. The Balaban J connectivity index is 2.09. The fraction of sp³-hybridized carbons (Fsp3) is 0.667. The van der Waals surface area contributed by atoms with Crippen molar-refractivity contribution < 1.29 is 14.7 Å². The lowest BCUT2D eigenvalue weighted by atomic mass is 9.97. The van der Waals surface area contributed by atoms with Gasteiger partial charge < -0.3 is 10.0 Å². The molecule has 0 unspecified atom stereocenters. The number of thiazole rings is 1. The second-order valence-electron chi connectivity index (χ2n) is 6.01. The third kappa shape index (κ3) is 3.81. The van der Waals surface area contributed by atoms with Crippen LogP contribution >= 0.6 is 11.3 Å². The Bertz CT molecular complexity index is 531. The van der Waals surface area contributed by atoms with Crippen LogP contribution in [0.1, 0.15) is 47.1 Å². The Morgan fingerprint density at radius 2 is 2.00 bits per heavy atom. The molecule has 1 aliphatic heterocycles. The molecule has 2 rings (SSSR count). The number of nitrogens with zero attached hydrogens (tertiary/aromatic N) is 2. The van der Waals surface area contributed by atoms with E-state index in [1.54, 1.807) is 4.90 Å². The fourth-order valence-corrected chi connectivity index (χ4v) is 3.55. The molecule has 0 aromatic carbocycles. The van der Waals surface area contributed by atoms with E-state index >= 15 is 0 Å². The van der Waals surface area contributed by atoms with Gasteiger partial charge in [0.2, 0.25) is 0 Å². The summed E-state index contributed by atoms with van der Waals surface area (Å²) in [7, 11) is 0. The van der Waals surface area contributed by atoms with Gasteiger partial charge in [0.25, 0.3) is 5.91 Å². The smallest absolute Gasteiger partial charge is 0.306 e. The van der Waals surface area contributed by atoms with Crippen molar-refractivity contribution in [1.29, 1.82) is 0 Å². The Morgan fingerprint density at radius 3 is 2.52 bits per heavy atom. The third-order valence-electron chi connectivity index (χ3n) is 3.73. The van der Waals surface area contributed by atoms with Crippen molar-refractivity contribution in [2.45, 2.75) is 40.0 Å². The number of piperidine rings is 1. The van der Waals surface area contributed by atoms with Crippen molar-refractivity contribution in [3.63, 3.8) is 0 Å². The van der Waals surface area contributed by atoms with Gasteiger partial charge in [0.05, 0.1) is 16.6 Å².